The van der Waals surface area contributed by atoms with Gasteiger partial charge in [-0.05, 0) is 82.4 Å². The van der Waals surface area contributed by atoms with Crippen molar-refractivity contribution in [2.75, 3.05) is 13.2 Å². The summed E-state index contributed by atoms with van der Waals surface area (Å²) < 4.78 is 46.0. The quantitative estimate of drug-likeness (QED) is 0.0211. The van der Waals surface area contributed by atoms with E-state index in [1.54, 1.807) is 0 Å². The van der Waals surface area contributed by atoms with E-state index in [0.29, 0.717) is 12.8 Å². The van der Waals surface area contributed by atoms with Gasteiger partial charge >= 0.3 is 63.3 Å². The fourth-order valence-corrected chi connectivity index (χ4v) is 8.47. The molecule has 0 saturated heterocycles. The molecule has 0 aliphatic rings. The first kappa shape index (κ1) is 62.2. The number of carbonyl (C=O) groups is 2. The van der Waals surface area contributed by atoms with E-state index < -0.39 is 27.0 Å². The largest absolute Gasteiger partial charge is 1.00 e. The molecule has 0 aliphatic carbocycles. The van der Waals surface area contributed by atoms with Crippen LogP contribution in [0.1, 0.15) is 279 Å². The van der Waals surface area contributed by atoms with Gasteiger partial charge in [-0.15, -0.1) is 0 Å². The first-order chi connectivity index (χ1) is 30.3. The molecular weight excluding hydrogens is 832 g/mol. The van der Waals surface area contributed by atoms with Crippen molar-refractivity contribution in [3.8, 4) is 0 Å². The summed E-state index contributed by atoms with van der Waals surface area (Å²) in [5.74, 6) is -1.55. The second kappa shape index (κ2) is 46.3. The number of allylic oxidation sites excluding steroid dienone is 4. The van der Waals surface area contributed by atoms with Crippen LogP contribution in [0.3, 0.4) is 0 Å². The minimum atomic E-state index is -4.82. The molecule has 9 heteroatoms. The van der Waals surface area contributed by atoms with E-state index in [2.05, 4.69) is 38.2 Å². The molecule has 0 N–H and O–H groups in total. The van der Waals surface area contributed by atoms with Gasteiger partial charge in [0.15, 0.2) is 0 Å². The van der Waals surface area contributed by atoms with Crippen LogP contribution in [0.25, 0.3) is 0 Å². The van der Waals surface area contributed by atoms with Gasteiger partial charge in [-0.3, -0.25) is 0 Å². The number of rotatable bonds is 45. The maximum atomic E-state index is 13.0. The molecule has 1 aromatic rings. The van der Waals surface area contributed by atoms with E-state index >= 15 is 0 Å². The van der Waals surface area contributed by atoms with E-state index in [-0.39, 0.29) is 75.7 Å². The molecule has 7 nitrogen and oxygen atoms in total. The second-order valence-electron chi connectivity index (χ2n) is 17.8. The summed E-state index contributed by atoms with van der Waals surface area (Å²) in [6.07, 6.45) is 56.6. The zero-order valence-corrected chi connectivity index (χ0v) is 45.0. The summed E-state index contributed by atoms with van der Waals surface area (Å²) in [5, 5.41) is 0. The zero-order valence-electron chi connectivity index (χ0n) is 41.1. The van der Waals surface area contributed by atoms with Gasteiger partial charge in [-0.2, -0.15) is 0 Å². The summed E-state index contributed by atoms with van der Waals surface area (Å²) in [4.78, 5) is 25.4. The molecule has 0 aliphatic heterocycles. The molecule has 1 aromatic carbocycles. The minimum absolute atomic E-state index is 0. The molecule has 358 valence electrons. The minimum Gasteiger partial charge on any atom is -0.744 e. The summed E-state index contributed by atoms with van der Waals surface area (Å²) in [6, 6.07) is 3.15. The average molecular weight is 925 g/mol. The third-order valence-electron chi connectivity index (χ3n) is 12.0. The van der Waals surface area contributed by atoms with E-state index in [1.165, 1.54) is 186 Å². The van der Waals surface area contributed by atoms with E-state index in [0.717, 1.165) is 63.5 Å². The molecule has 0 saturated carbocycles. The third-order valence-corrected chi connectivity index (χ3v) is 12.8. The van der Waals surface area contributed by atoms with Crippen LogP contribution < -0.4 is 51.4 Å². The number of esters is 2. The summed E-state index contributed by atoms with van der Waals surface area (Å²) in [6.45, 7) is 4.90. The van der Waals surface area contributed by atoms with Crippen molar-refractivity contribution in [1.82, 2.24) is 0 Å². The third kappa shape index (κ3) is 38.9. The first-order valence-electron chi connectivity index (χ1n) is 26.0. The molecule has 1 rings (SSSR count). The Kier molecular flexibility index (Phi) is 45.7. The molecule has 0 heterocycles. The summed E-state index contributed by atoms with van der Waals surface area (Å²) in [5.41, 5.74) is -0.341. The van der Waals surface area contributed by atoms with Crippen molar-refractivity contribution in [3.63, 3.8) is 0 Å². The van der Waals surface area contributed by atoms with Crippen molar-refractivity contribution in [3.05, 3.63) is 53.6 Å². The predicted molar refractivity (Wildman–Crippen MR) is 260 cm³/mol. The van der Waals surface area contributed by atoms with Gasteiger partial charge in [-0.25, -0.2) is 18.0 Å². The molecular formula is C54H93KO7S. The van der Waals surface area contributed by atoms with Gasteiger partial charge in [0, 0.05) is 0 Å². The predicted octanol–water partition coefficient (Wildman–Crippen LogP) is 13.9. The van der Waals surface area contributed by atoms with E-state index in [1.807, 2.05) is 0 Å². The number of benzene rings is 1. The molecule has 0 atom stereocenters. The average Bonchev–Trinajstić information content (AvgIpc) is 3.26. The number of carbonyl (C=O) groups excluding carboxylic acids is 2. The number of hydrogen-bond acceptors (Lipinski definition) is 7. The van der Waals surface area contributed by atoms with Gasteiger partial charge in [-0.1, -0.05) is 218 Å². The molecule has 0 amide bonds. The number of ether oxygens (including phenoxy) is 2. The van der Waals surface area contributed by atoms with Crippen LogP contribution in [0.4, 0.5) is 0 Å². The number of hydrogen-bond donors (Lipinski definition) is 0. The van der Waals surface area contributed by atoms with Gasteiger partial charge < -0.3 is 14.0 Å². The van der Waals surface area contributed by atoms with E-state index in [4.69, 9.17) is 9.47 Å². The van der Waals surface area contributed by atoms with Crippen molar-refractivity contribution < 1.29 is 83.4 Å². The maximum absolute atomic E-state index is 13.0. The van der Waals surface area contributed by atoms with Crippen LogP contribution in [0, 0.1) is 0 Å². The molecule has 0 unspecified atom stereocenters. The van der Waals surface area contributed by atoms with Crippen LogP contribution in [0.5, 0.6) is 0 Å². The second-order valence-corrected chi connectivity index (χ2v) is 19.2. The standard InChI is InChI=1S/C54H94O7S.K/c1-3-5-7-9-11-13-15-17-19-21-23-25-27-29-31-33-35-37-39-41-43-47-60-53(55)51-46-45-50(62(57,58)59)49-52(51)54(56)61-48-44-42-40-38-36-34-32-30-28-26-24-22-20-18-16-14-12-10-8-6-4-2;/h25-28,45-46,49H,3-24,29-44,47-48H2,1-2H3,(H,57,58,59);/q;+1/p-1/b27-25+,28-26+;. The Labute approximate surface area is 431 Å². The van der Waals surface area contributed by atoms with Crippen LogP contribution >= 0.6 is 0 Å². The van der Waals surface area contributed by atoms with Crippen LogP contribution in [0.15, 0.2) is 47.4 Å². The van der Waals surface area contributed by atoms with Gasteiger partial charge in [0.25, 0.3) is 0 Å². The smallest absolute Gasteiger partial charge is 0.744 e. The normalized spacial score (nSPS) is 11.7. The topological polar surface area (TPSA) is 110 Å². The Bertz CT molecular complexity index is 1380. The van der Waals surface area contributed by atoms with Gasteiger partial charge in [0.2, 0.25) is 0 Å². The fraction of sp³-hybridized carbons (Fsp3) is 0.778. The Hall–Kier alpha value is -0.814. The van der Waals surface area contributed by atoms with Crippen LogP contribution in [-0.4, -0.2) is 38.1 Å². The molecule has 0 bridgehead atoms. The van der Waals surface area contributed by atoms with Gasteiger partial charge in [0.1, 0.15) is 10.1 Å². The fourth-order valence-electron chi connectivity index (χ4n) is 7.98. The molecule has 63 heavy (non-hydrogen) atoms. The van der Waals surface area contributed by atoms with Crippen molar-refractivity contribution in [2.24, 2.45) is 0 Å². The Morgan fingerprint density at radius 1 is 0.429 bits per heavy atom. The Morgan fingerprint density at radius 3 is 1.00 bits per heavy atom. The van der Waals surface area contributed by atoms with Gasteiger partial charge in [0.05, 0.1) is 29.2 Å². The SMILES string of the molecule is CCCCCCCCCCCC/C=C/CCCCCCCCCOC(=O)c1ccc(S(=O)(=O)[O-])cc1C(=O)OCCCCCCCCC/C=C/CCCCCCCCCCCC.[K+]. The monoisotopic (exact) mass is 925 g/mol. The Morgan fingerprint density at radius 2 is 0.698 bits per heavy atom. The molecule has 0 radical (unpaired) electrons. The number of unbranched alkanes of at least 4 members (excludes halogenated alkanes) is 34. The zero-order chi connectivity index (χ0) is 45.0. The maximum Gasteiger partial charge on any atom is 1.00 e. The molecule has 0 spiro atoms. The summed E-state index contributed by atoms with van der Waals surface area (Å²) >= 11 is 0. The molecule has 0 fully saturated rings. The van der Waals surface area contributed by atoms with Crippen LogP contribution in [0.2, 0.25) is 0 Å². The summed E-state index contributed by atoms with van der Waals surface area (Å²) in [7, 11) is -4.82. The first-order valence-corrected chi connectivity index (χ1v) is 27.5. The van der Waals surface area contributed by atoms with Crippen molar-refractivity contribution in [2.45, 2.75) is 263 Å². The van der Waals surface area contributed by atoms with Crippen LogP contribution in [-0.2, 0) is 19.6 Å². The van der Waals surface area contributed by atoms with Crippen molar-refractivity contribution >= 4 is 22.1 Å². The Balaban J connectivity index is 0.0000384. The molecule has 0 aromatic heterocycles. The van der Waals surface area contributed by atoms with E-state index in [9.17, 15) is 22.6 Å². The van der Waals surface area contributed by atoms with Crippen molar-refractivity contribution in [1.29, 1.82) is 0 Å².